The first-order valence-electron chi connectivity index (χ1n) is 16.8. The largest absolute Gasteiger partial charge is 0.306 e. The lowest BCUT2D eigenvalue weighted by molar-refractivity contribution is 1.19. The summed E-state index contributed by atoms with van der Waals surface area (Å²) >= 11 is 0. The van der Waals surface area contributed by atoms with E-state index in [0.717, 1.165) is 89.1 Å². The van der Waals surface area contributed by atoms with Gasteiger partial charge in [0, 0.05) is 57.0 Å². The topological polar surface area (TPSA) is 47.5 Å². The summed E-state index contributed by atoms with van der Waals surface area (Å²) in [5.74, 6) is 0. The number of nitrogens with zero attached hydrogens (tertiary/aromatic N) is 5. The number of fused-ring (bicyclic) bond motifs is 6. The molecule has 5 aromatic carbocycles. The highest BCUT2D eigenvalue weighted by atomic mass is 15.0. The Bertz CT molecular complexity index is 2840. The van der Waals surface area contributed by atoms with E-state index in [1.807, 2.05) is 30.3 Å². The third-order valence-electron chi connectivity index (χ3n) is 9.56. The van der Waals surface area contributed by atoms with E-state index in [1.165, 1.54) is 0 Å². The number of aromatic nitrogens is 5. The average molecular weight is 640 g/mol. The fourth-order valence-corrected chi connectivity index (χ4v) is 7.15. The molecule has 0 unspecified atom stereocenters. The number of imidazole rings is 2. The molecule has 0 spiro atoms. The van der Waals surface area contributed by atoms with E-state index >= 15 is 0 Å². The van der Waals surface area contributed by atoms with Gasteiger partial charge in [0.15, 0.2) is 0 Å². The molecule has 0 aliphatic carbocycles. The van der Waals surface area contributed by atoms with Crippen LogP contribution in [0.2, 0.25) is 0 Å². The molecular weight excluding hydrogens is 611 g/mol. The van der Waals surface area contributed by atoms with Crippen LogP contribution >= 0.6 is 0 Å². The molecule has 5 heteroatoms. The van der Waals surface area contributed by atoms with Crippen LogP contribution in [0.25, 0.3) is 89.1 Å². The number of rotatable bonds is 5. The first-order valence-corrected chi connectivity index (χ1v) is 16.8. The fourth-order valence-electron chi connectivity index (χ4n) is 7.15. The molecule has 0 atom stereocenters. The van der Waals surface area contributed by atoms with Crippen molar-refractivity contribution in [3.05, 3.63) is 176 Å². The van der Waals surface area contributed by atoms with Crippen molar-refractivity contribution in [3.8, 4) is 56.2 Å². The van der Waals surface area contributed by atoms with Gasteiger partial charge in [-0.25, -0.2) is 15.0 Å². The quantitative estimate of drug-likeness (QED) is 0.176. The molecule has 5 nitrogen and oxygen atoms in total. The Morgan fingerprint density at radius 1 is 0.400 bits per heavy atom. The van der Waals surface area contributed by atoms with Gasteiger partial charge in [0.05, 0.1) is 28.3 Å². The van der Waals surface area contributed by atoms with Gasteiger partial charge >= 0.3 is 0 Å². The summed E-state index contributed by atoms with van der Waals surface area (Å²) < 4.78 is 4.36. The zero-order chi connectivity index (χ0) is 33.0. The minimum Gasteiger partial charge on any atom is -0.306 e. The highest BCUT2D eigenvalue weighted by molar-refractivity contribution is 6.17. The Kier molecular flexibility index (Phi) is 6.42. The maximum absolute atomic E-state index is 5.44. The summed E-state index contributed by atoms with van der Waals surface area (Å²) in [7, 11) is 0. The van der Waals surface area contributed by atoms with Gasteiger partial charge in [-0.15, -0.1) is 0 Å². The molecule has 0 aliphatic rings. The standard InChI is InChI=1S/C45H29N5/c1-4-12-31(13-5-1)39-29-49-28-35(24-25-40(49)46-39)30-20-22-34(23-21-30)44-43(33-16-8-3-9-17-33)48-45-41-36-18-10-11-19-38(36)47-42(32-14-6-2-7-15-32)37(41)26-27-50(44)45/h1-29H. The zero-order valence-corrected chi connectivity index (χ0v) is 27.0. The average Bonchev–Trinajstić information content (AvgIpc) is 3.81. The Morgan fingerprint density at radius 2 is 1.02 bits per heavy atom. The van der Waals surface area contributed by atoms with Crippen LogP contribution in [-0.4, -0.2) is 23.8 Å². The summed E-state index contributed by atoms with van der Waals surface area (Å²) in [5.41, 5.74) is 13.3. The van der Waals surface area contributed by atoms with E-state index < -0.39 is 0 Å². The molecule has 50 heavy (non-hydrogen) atoms. The lowest BCUT2D eigenvalue weighted by Crippen LogP contribution is -1.95. The maximum atomic E-state index is 5.44. The molecular formula is C45H29N5. The highest BCUT2D eigenvalue weighted by Gasteiger charge is 2.21. The van der Waals surface area contributed by atoms with E-state index in [2.05, 4.69) is 155 Å². The van der Waals surface area contributed by atoms with Crippen LogP contribution < -0.4 is 0 Å². The van der Waals surface area contributed by atoms with E-state index in [9.17, 15) is 0 Å². The summed E-state index contributed by atoms with van der Waals surface area (Å²) in [5, 5.41) is 3.27. The summed E-state index contributed by atoms with van der Waals surface area (Å²) in [6, 6.07) is 54.9. The molecule has 234 valence electrons. The molecule has 5 heterocycles. The van der Waals surface area contributed by atoms with Gasteiger partial charge < -0.3 is 4.40 Å². The smallest absolute Gasteiger partial charge is 0.146 e. The van der Waals surface area contributed by atoms with Gasteiger partial charge in [0.25, 0.3) is 0 Å². The maximum Gasteiger partial charge on any atom is 0.146 e. The van der Waals surface area contributed by atoms with Crippen LogP contribution in [0.3, 0.4) is 0 Å². The van der Waals surface area contributed by atoms with Crippen LogP contribution in [0.4, 0.5) is 0 Å². The Labute approximate surface area is 288 Å². The van der Waals surface area contributed by atoms with Gasteiger partial charge in [-0.2, -0.15) is 0 Å². The molecule has 0 N–H and O–H groups in total. The first kappa shape index (κ1) is 28.2. The molecule has 0 saturated heterocycles. The number of hydrogen-bond donors (Lipinski definition) is 0. The molecule has 10 aromatic rings. The monoisotopic (exact) mass is 639 g/mol. The molecule has 0 amide bonds. The molecule has 10 rings (SSSR count). The third-order valence-corrected chi connectivity index (χ3v) is 9.56. The fraction of sp³-hybridized carbons (Fsp3) is 0. The second kappa shape index (κ2) is 11.4. The Morgan fingerprint density at radius 3 is 1.76 bits per heavy atom. The molecule has 0 bridgehead atoms. The van der Waals surface area contributed by atoms with Crippen LogP contribution in [0.15, 0.2) is 176 Å². The second-order valence-corrected chi connectivity index (χ2v) is 12.6. The van der Waals surface area contributed by atoms with Crippen molar-refractivity contribution in [2.24, 2.45) is 0 Å². The highest BCUT2D eigenvalue weighted by Crippen LogP contribution is 2.40. The van der Waals surface area contributed by atoms with E-state index in [1.54, 1.807) is 0 Å². The molecule has 0 radical (unpaired) electrons. The van der Waals surface area contributed by atoms with Gasteiger partial charge in [-0.1, -0.05) is 133 Å². The molecule has 0 fully saturated rings. The summed E-state index contributed by atoms with van der Waals surface area (Å²) in [6.07, 6.45) is 6.41. The van der Waals surface area contributed by atoms with E-state index in [0.29, 0.717) is 0 Å². The number of hydrogen-bond acceptors (Lipinski definition) is 3. The van der Waals surface area contributed by atoms with Crippen molar-refractivity contribution in [1.82, 2.24) is 23.8 Å². The summed E-state index contributed by atoms with van der Waals surface area (Å²) in [6.45, 7) is 0. The number of para-hydroxylation sites is 1. The number of pyridine rings is 3. The number of benzene rings is 5. The predicted octanol–water partition coefficient (Wildman–Crippen LogP) is 11.0. The van der Waals surface area contributed by atoms with Crippen molar-refractivity contribution in [2.75, 3.05) is 0 Å². The second-order valence-electron chi connectivity index (χ2n) is 12.6. The summed E-state index contributed by atoms with van der Waals surface area (Å²) in [4.78, 5) is 15.4. The Hall–Kier alpha value is -6.85. The third kappa shape index (κ3) is 4.60. The zero-order valence-electron chi connectivity index (χ0n) is 27.0. The van der Waals surface area contributed by atoms with Crippen LogP contribution in [0, 0.1) is 0 Å². The van der Waals surface area contributed by atoms with Gasteiger partial charge in [0.1, 0.15) is 11.3 Å². The SMILES string of the molecule is c1ccc(-c2cn3cc(-c4ccc(-c5c(-c6ccccc6)nc6c7c(ccn56)c(-c5ccccc5)nc5ccccc57)cc4)ccc3n2)cc1. The van der Waals surface area contributed by atoms with Crippen LogP contribution in [0.5, 0.6) is 0 Å². The lowest BCUT2D eigenvalue weighted by Gasteiger charge is -2.12. The first-order chi connectivity index (χ1) is 24.8. The van der Waals surface area contributed by atoms with Crippen molar-refractivity contribution in [3.63, 3.8) is 0 Å². The van der Waals surface area contributed by atoms with E-state index in [-0.39, 0.29) is 0 Å². The molecule has 0 aliphatic heterocycles. The molecule has 5 aromatic heterocycles. The predicted molar refractivity (Wildman–Crippen MR) is 204 cm³/mol. The van der Waals surface area contributed by atoms with Crippen molar-refractivity contribution >= 4 is 33.0 Å². The van der Waals surface area contributed by atoms with Crippen molar-refractivity contribution < 1.29 is 0 Å². The van der Waals surface area contributed by atoms with Crippen molar-refractivity contribution in [1.29, 1.82) is 0 Å². The minimum absolute atomic E-state index is 0.913. The minimum atomic E-state index is 0.913. The Balaban J connectivity index is 1.15. The molecule has 0 saturated carbocycles. The lowest BCUT2D eigenvalue weighted by atomic mass is 10.0. The van der Waals surface area contributed by atoms with Gasteiger partial charge in [-0.3, -0.25) is 4.40 Å². The van der Waals surface area contributed by atoms with Gasteiger partial charge in [0.2, 0.25) is 0 Å². The van der Waals surface area contributed by atoms with E-state index in [4.69, 9.17) is 15.0 Å². The van der Waals surface area contributed by atoms with Crippen molar-refractivity contribution in [2.45, 2.75) is 0 Å². The van der Waals surface area contributed by atoms with Crippen LogP contribution in [0.1, 0.15) is 0 Å². The van der Waals surface area contributed by atoms with Gasteiger partial charge in [-0.05, 0) is 35.4 Å². The van der Waals surface area contributed by atoms with Crippen LogP contribution in [-0.2, 0) is 0 Å². The normalized spacial score (nSPS) is 11.6.